The van der Waals surface area contributed by atoms with Crippen LogP contribution >= 0.6 is 11.6 Å². The van der Waals surface area contributed by atoms with Gasteiger partial charge < -0.3 is 9.80 Å². The topological polar surface area (TPSA) is 58.4 Å². The fourth-order valence-corrected chi connectivity index (χ4v) is 2.19. The number of carbonyl (C=O) groups excluding carboxylic acids is 2. The molecule has 18 heavy (non-hydrogen) atoms. The zero-order chi connectivity index (χ0) is 13.4. The largest absolute Gasteiger partial charge is 0.335 e. The molecule has 0 N–H and O–H groups in total. The van der Waals surface area contributed by atoms with E-state index >= 15 is 0 Å². The zero-order valence-electron chi connectivity index (χ0n) is 10.6. The summed E-state index contributed by atoms with van der Waals surface area (Å²) in [7, 11) is 3.37. The first kappa shape index (κ1) is 12.9. The lowest BCUT2D eigenvalue weighted by Gasteiger charge is -2.31. The summed E-state index contributed by atoms with van der Waals surface area (Å²) >= 11 is 6.11. The summed E-state index contributed by atoms with van der Waals surface area (Å²) in [5, 5.41) is 4.69. The summed E-state index contributed by atoms with van der Waals surface area (Å²) in [5.74, 6) is -0.135. The van der Waals surface area contributed by atoms with E-state index in [1.54, 1.807) is 18.8 Å². The fraction of sp³-hybridized carbons (Fsp3) is 0.545. The normalized spacial score (nSPS) is 16.7. The van der Waals surface area contributed by atoms with Gasteiger partial charge in [0.05, 0.1) is 18.8 Å². The molecule has 0 aromatic carbocycles. The number of aromatic nitrogens is 2. The van der Waals surface area contributed by atoms with Crippen LogP contribution in [0, 0.1) is 6.92 Å². The molecule has 1 aromatic rings. The van der Waals surface area contributed by atoms with Crippen LogP contribution in [-0.4, -0.2) is 51.5 Å². The minimum atomic E-state index is -0.0728. The second kappa shape index (κ2) is 4.61. The Morgan fingerprint density at radius 2 is 1.89 bits per heavy atom. The van der Waals surface area contributed by atoms with E-state index in [0.29, 0.717) is 11.7 Å². The van der Waals surface area contributed by atoms with Gasteiger partial charge in [0.1, 0.15) is 11.7 Å². The fourth-order valence-electron chi connectivity index (χ4n) is 1.95. The Labute approximate surface area is 110 Å². The molecule has 0 aliphatic carbocycles. The van der Waals surface area contributed by atoms with Gasteiger partial charge in [-0.15, -0.1) is 0 Å². The lowest BCUT2D eigenvalue weighted by molar-refractivity contribution is -0.149. The maximum absolute atomic E-state index is 11.8. The van der Waals surface area contributed by atoms with Gasteiger partial charge >= 0.3 is 0 Å². The van der Waals surface area contributed by atoms with Crippen LogP contribution in [0.2, 0.25) is 5.15 Å². The van der Waals surface area contributed by atoms with E-state index in [2.05, 4.69) is 5.10 Å². The van der Waals surface area contributed by atoms with E-state index < -0.39 is 0 Å². The molecular weight excluding hydrogens is 256 g/mol. The molecule has 0 saturated carbocycles. The number of halogens is 1. The highest BCUT2D eigenvalue weighted by atomic mass is 35.5. The third-order valence-corrected chi connectivity index (χ3v) is 3.57. The van der Waals surface area contributed by atoms with Crippen LogP contribution in [0.4, 0.5) is 0 Å². The first-order valence-electron chi connectivity index (χ1n) is 5.60. The standard InChI is InChI=1S/C11H15ClN4O2/c1-7-8(11(12)15(3)13-7)4-16-6-9(17)14(2)5-10(16)18/h4-6H2,1-3H3. The molecule has 0 bridgehead atoms. The van der Waals surface area contributed by atoms with Crippen LogP contribution in [0.3, 0.4) is 0 Å². The van der Waals surface area contributed by atoms with Crippen molar-refractivity contribution in [2.24, 2.45) is 7.05 Å². The third kappa shape index (κ3) is 2.20. The molecule has 0 radical (unpaired) electrons. The monoisotopic (exact) mass is 270 g/mol. The summed E-state index contributed by atoms with van der Waals surface area (Å²) < 4.78 is 1.56. The number of piperazine rings is 1. The average molecular weight is 271 g/mol. The second-order valence-electron chi connectivity index (χ2n) is 4.48. The van der Waals surface area contributed by atoms with Crippen LogP contribution in [0.5, 0.6) is 0 Å². The van der Waals surface area contributed by atoms with Crippen molar-refractivity contribution in [3.05, 3.63) is 16.4 Å². The first-order valence-corrected chi connectivity index (χ1v) is 5.97. The summed E-state index contributed by atoms with van der Waals surface area (Å²) in [6.45, 7) is 2.39. The molecule has 1 aliphatic rings. The highest BCUT2D eigenvalue weighted by molar-refractivity contribution is 6.30. The van der Waals surface area contributed by atoms with Gasteiger partial charge in [0.2, 0.25) is 11.8 Å². The number of nitrogens with zero attached hydrogens (tertiary/aromatic N) is 4. The number of hydrogen-bond donors (Lipinski definition) is 0. The molecule has 0 atom stereocenters. The molecule has 1 saturated heterocycles. The van der Waals surface area contributed by atoms with Gasteiger partial charge in [-0.25, -0.2) is 0 Å². The third-order valence-electron chi connectivity index (χ3n) is 3.10. The average Bonchev–Trinajstić information content (AvgIpc) is 2.52. The van der Waals surface area contributed by atoms with E-state index in [1.807, 2.05) is 6.92 Å². The maximum Gasteiger partial charge on any atom is 0.242 e. The van der Waals surface area contributed by atoms with E-state index in [0.717, 1.165) is 11.3 Å². The Kier molecular flexibility index (Phi) is 3.30. The number of aryl methyl sites for hydroxylation is 2. The lowest BCUT2D eigenvalue weighted by atomic mass is 10.2. The highest BCUT2D eigenvalue weighted by Gasteiger charge is 2.28. The van der Waals surface area contributed by atoms with Crippen LogP contribution in [-0.2, 0) is 23.2 Å². The molecule has 98 valence electrons. The first-order chi connectivity index (χ1) is 8.40. The number of hydrogen-bond acceptors (Lipinski definition) is 3. The summed E-state index contributed by atoms with van der Waals surface area (Å²) in [6.07, 6.45) is 0. The molecule has 1 fully saturated rings. The van der Waals surface area contributed by atoms with Gasteiger partial charge in [-0.3, -0.25) is 14.3 Å². The van der Waals surface area contributed by atoms with Crippen molar-refractivity contribution in [2.75, 3.05) is 20.1 Å². The van der Waals surface area contributed by atoms with E-state index in [1.165, 1.54) is 9.80 Å². The van der Waals surface area contributed by atoms with Crippen molar-refractivity contribution in [2.45, 2.75) is 13.5 Å². The molecule has 2 amide bonds. The minimum absolute atomic E-state index is 0.0627. The van der Waals surface area contributed by atoms with Crippen molar-refractivity contribution in [1.82, 2.24) is 19.6 Å². The van der Waals surface area contributed by atoms with Crippen molar-refractivity contribution in [3.63, 3.8) is 0 Å². The van der Waals surface area contributed by atoms with E-state index in [4.69, 9.17) is 11.6 Å². The summed E-state index contributed by atoms with van der Waals surface area (Å²) in [5.41, 5.74) is 1.58. The maximum atomic E-state index is 11.8. The Morgan fingerprint density at radius 1 is 1.22 bits per heavy atom. The summed E-state index contributed by atoms with van der Waals surface area (Å²) in [4.78, 5) is 26.4. The quantitative estimate of drug-likeness (QED) is 0.770. The van der Waals surface area contributed by atoms with Crippen LogP contribution in [0.1, 0.15) is 11.3 Å². The molecule has 1 aliphatic heterocycles. The molecule has 0 unspecified atom stereocenters. The smallest absolute Gasteiger partial charge is 0.242 e. The van der Waals surface area contributed by atoms with Crippen LogP contribution in [0.15, 0.2) is 0 Å². The molecule has 7 heteroatoms. The lowest BCUT2D eigenvalue weighted by Crippen LogP contribution is -2.51. The number of amides is 2. The Balaban J connectivity index is 2.19. The number of carbonyl (C=O) groups is 2. The SMILES string of the molecule is Cc1nn(C)c(Cl)c1CN1CC(=O)N(C)CC1=O. The zero-order valence-corrected chi connectivity index (χ0v) is 11.4. The highest BCUT2D eigenvalue weighted by Crippen LogP contribution is 2.21. The number of likely N-dealkylation sites (N-methyl/N-ethyl adjacent to an activating group) is 1. The van der Waals surface area contributed by atoms with Gasteiger partial charge in [-0.05, 0) is 6.92 Å². The second-order valence-corrected chi connectivity index (χ2v) is 4.84. The molecule has 1 aromatic heterocycles. The van der Waals surface area contributed by atoms with Gasteiger partial charge in [0.25, 0.3) is 0 Å². The Hall–Kier alpha value is -1.56. The van der Waals surface area contributed by atoms with Crippen molar-refractivity contribution >= 4 is 23.4 Å². The molecule has 2 rings (SSSR count). The van der Waals surface area contributed by atoms with E-state index in [-0.39, 0.29) is 24.9 Å². The number of rotatable bonds is 2. The van der Waals surface area contributed by atoms with Crippen LogP contribution in [0.25, 0.3) is 0 Å². The van der Waals surface area contributed by atoms with E-state index in [9.17, 15) is 9.59 Å². The van der Waals surface area contributed by atoms with Gasteiger partial charge in [-0.2, -0.15) is 5.10 Å². The molecule has 2 heterocycles. The van der Waals surface area contributed by atoms with Crippen molar-refractivity contribution in [1.29, 1.82) is 0 Å². The molecule has 6 nitrogen and oxygen atoms in total. The molecular formula is C11H15ClN4O2. The summed E-state index contributed by atoms with van der Waals surface area (Å²) in [6, 6.07) is 0. The van der Waals surface area contributed by atoms with Gasteiger partial charge in [-0.1, -0.05) is 11.6 Å². The Bertz CT molecular complexity index is 511. The predicted molar refractivity (Wildman–Crippen MR) is 66.0 cm³/mol. The van der Waals surface area contributed by atoms with Gasteiger partial charge in [0.15, 0.2) is 0 Å². The van der Waals surface area contributed by atoms with Gasteiger partial charge in [0, 0.05) is 19.7 Å². The predicted octanol–water partition coefficient (Wildman–Crippen LogP) is 0.183. The van der Waals surface area contributed by atoms with Crippen molar-refractivity contribution < 1.29 is 9.59 Å². The van der Waals surface area contributed by atoms with Crippen LogP contribution < -0.4 is 0 Å². The molecule has 0 spiro atoms. The minimum Gasteiger partial charge on any atom is -0.335 e. The Morgan fingerprint density at radius 3 is 2.44 bits per heavy atom. The van der Waals surface area contributed by atoms with Crippen molar-refractivity contribution in [3.8, 4) is 0 Å².